The normalized spacial score (nSPS) is 12.5. The van der Waals surface area contributed by atoms with Crippen molar-refractivity contribution in [2.45, 2.75) is 13.0 Å². The highest BCUT2D eigenvalue weighted by Gasteiger charge is 2.09. The highest BCUT2D eigenvalue weighted by molar-refractivity contribution is 5.91. The Morgan fingerprint density at radius 1 is 1.42 bits per heavy atom. The molecule has 1 amide bonds. The van der Waals surface area contributed by atoms with Crippen LogP contribution in [0.2, 0.25) is 0 Å². The molecule has 1 atom stereocenters. The van der Waals surface area contributed by atoms with Gasteiger partial charge in [0.15, 0.2) is 0 Å². The molecule has 0 saturated carbocycles. The van der Waals surface area contributed by atoms with Gasteiger partial charge >= 0.3 is 0 Å². The van der Waals surface area contributed by atoms with Crippen LogP contribution in [0.25, 0.3) is 6.08 Å². The third-order valence-electron chi connectivity index (χ3n) is 2.52. The summed E-state index contributed by atoms with van der Waals surface area (Å²) in [4.78, 5) is 15.6. The number of hydrogen-bond donors (Lipinski definition) is 3. The molecule has 3 N–H and O–H groups in total. The second-order valence-corrected chi connectivity index (χ2v) is 4.03. The zero-order valence-corrected chi connectivity index (χ0v) is 10.4. The Morgan fingerprint density at radius 2 is 2.16 bits per heavy atom. The van der Waals surface area contributed by atoms with E-state index in [0.29, 0.717) is 5.82 Å². The summed E-state index contributed by atoms with van der Waals surface area (Å²) >= 11 is 0. The van der Waals surface area contributed by atoms with Crippen LogP contribution in [-0.4, -0.2) is 26.2 Å². The van der Waals surface area contributed by atoms with Crippen molar-refractivity contribution in [1.82, 2.24) is 20.5 Å². The molecule has 2 aromatic rings. The number of carbonyl (C=O) groups is 1. The van der Waals surface area contributed by atoms with Crippen molar-refractivity contribution < 1.29 is 9.90 Å². The van der Waals surface area contributed by atoms with Gasteiger partial charge in [-0.3, -0.25) is 9.89 Å². The zero-order chi connectivity index (χ0) is 13.7. The number of amides is 1. The summed E-state index contributed by atoms with van der Waals surface area (Å²) in [7, 11) is 0. The lowest BCUT2D eigenvalue weighted by Gasteiger charge is -2.08. The Kier molecular flexibility index (Phi) is 3.92. The maximum absolute atomic E-state index is 11.7. The van der Waals surface area contributed by atoms with Crippen molar-refractivity contribution in [1.29, 1.82) is 0 Å². The minimum atomic E-state index is -0.237. The molecular formula is C13H14N4O2. The van der Waals surface area contributed by atoms with Crippen LogP contribution in [0.4, 0.5) is 0 Å². The molecule has 1 heterocycles. The maximum Gasteiger partial charge on any atom is 0.244 e. The Balaban J connectivity index is 1.92. The minimum Gasteiger partial charge on any atom is -0.508 e. The number of nitrogens with one attached hydrogen (secondary N) is 2. The van der Waals surface area contributed by atoms with Crippen molar-refractivity contribution in [3.05, 3.63) is 48.1 Å². The average molecular weight is 258 g/mol. The van der Waals surface area contributed by atoms with Gasteiger partial charge in [-0.05, 0) is 30.7 Å². The van der Waals surface area contributed by atoms with E-state index in [-0.39, 0.29) is 17.7 Å². The Bertz CT molecular complexity index is 561. The Morgan fingerprint density at radius 3 is 2.79 bits per heavy atom. The van der Waals surface area contributed by atoms with Gasteiger partial charge in [-0.1, -0.05) is 12.1 Å². The quantitative estimate of drug-likeness (QED) is 0.723. The summed E-state index contributed by atoms with van der Waals surface area (Å²) in [5.74, 6) is 0.573. The monoisotopic (exact) mass is 258 g/mol. The molecule has 0 aliphatic heterocycles. The number of aromatic amines is 1. The molecule has 0 radical (unpaired) electrons. The number of benzene rings is 1. The molecule has 6 nitrogen and oxygen atoms in total. The van der Waals surface area contributed by atoms with Gasteiger partial charge in [-0.15, -0.1) is 0 Å². The summed E-state index contributed by atoms with van der Waals surface area (Å²) in [6, 6.07) is 6.33. The van der Waals surface area contributed by atoms with Gasteiger partial charge in [0.05, 0.1) is 6.04 Å². The molecule has 1 aromatic heterocycles. The number of aromatic nitrogens is 3. The summed E-state index contributed by atoms with van der Waals surface area (Å²) in [6.07, 6.45) is 4.49. The molecular weight excluding hydrogens is 244 g/mol. The third-order valence-corrected chi connectivity index (χ3v) is 2.52. The van der Waals surface area contributed by atoms with Gasteiger partial charge in [0, 0.05) is 6.08 Å². The SMILES string of the molecule is CC(NC(=O)/C=C/c1ccc(O)cc1)c1ncn[nH]1. The molecule has 0 saturated heterocycles. The average Bonchev–Trinajstić information content (AvgIpc) is 2.92. The van der Waals surface area contributed by atoms with Crippen molar-refractivity contribution in [2.24, 2.45) is 0 Å². The first-order valence-electron chi connectivity index (χ1n) is 5.78. The number of carbonyl (C=O) groups excluding carboxylic acids is 1. The first-order chi connectivity index (χ1) is 9.15. The summed E-state index contributed by atoms with van der Waals surface area (Å²) in [6.45, 7) is 1.81. The van der Waals surface area contributed by atoms with Crippen LogP contribution in [0, 0.1) is 0 Å². The van der Waals surface area contributed by atoms with Crippen LogP contribution in [0.3, 0.4) is 0 Å². The molecule has 0 aliphatic rings. The predicted octanol–water partition coefficient (Wildman–Crippen LogP) is 1.40. The summed E-state index contributed by atoms with van der Waals surface area (Å²) in [5.41, 5.74) is 0.834. The van der Waals surface area contributed by atoms with Gasteiger partial charge in [-0.2, -0.15) is 5.10 Å². The zero-order valence-electron chi connectivity index (χ0n) is 10.4. The predicted molar refractivity (Wildman–Crippen MR) is 70.1 cm³/mol. The fourth-order valence-corrected chi connectivity index (χ4v) is 1.51. The summed E-state index contributed by atoms with van der Waals surface area (Å²) in [5, 5.41) is 18.3. The molecule has 98 valence electrons. The van der Waals surface area contributed by atoms with E-state index in [0.717, 1.165) is 5.56 Å². The lowest BCUT2D eigenvalue weighted by molar-refractivity contribution is -0.117. The lowest BCUT2D eigenvalue weighted by atomic mass is 10.2. The van der Waals surface area contributed by atoms with Crippen LogP contribution in [0.1, 0.15) is 24.4 Å². The van der Waals surface area contributed by atoms with E-state index in [1.807, 2.05) is 6.92 Å². The van der Waals surface area contributed by atoms with Crippen molar-refractivity contribution in [3.63, 3.8) is 0 Å². The lowest BCUT2D eigenvalue weighted by Crippen LogP contribution is -2.25. The van der Waals surface area contributed by atoms with Gasteiger partial charge in [0.1, 0.15) is 17.9 Å². The van der Waals surface area contributed by atoms with Crippen molar-refractivity contribution in [3.8, 4) is 5.75 Å². The highest BCUT2D eigenvalue weighted by atomic mass is 16.3. The number of aromatic hydroxyl groups is 1. The Hall–Kier alpha value is -2.63. The number of phenols is 1. The first-order valence-corrected chi connectivity index (χ1v) is 5.78. The molecule has 0 bridgehead atoms. The summed E-state index contributed by atoms with van der Waals surface area (Å²) < 4.78 is 0. The molecule has 19 heavy (non-hydrogen) atoms. The van der Waals surface area contributed by atoms with Crippen LogP contribution >= 0.6 is 0 Å². The fourth-order valence-electron chi connectivity index (χ4n) is 1.51. The molecule has 0 spiro atoms. The molecule has 0 aliphatic carbocycles. The van der Waals surface area contributed by atoms with Gasteiger partial charge in [0.25, 0.3) is 0 Å². The second kappa shape index (κ2) is 5.81. The largest absolute Gasteiger partial charge is 0.508 e. The van der Waals surface area contributed by atoms with Gasteiger partial charge in [-0.25, -0.2) is 4.98 Å². The first kappa shape index (κ1) is 12.8. The maximum atomic E-state index is 11.7. The number of phenolic OH excluding ortho intramolecular Hbond substituents is 1. The van der Waals surface area contributed by atoms with Crippen LogP contribution in [0.5, 0.6) is 5.75 Å². The molecule has 6 heteroatoms. The highest BCUT2D eigenvalue weighted by Crippen LogP contribution is 2.11. The van der Waals surface area contributed by atoms with Gasteiger partial charge in [0.2, 0.25) is 5.91 Å². The van der Waals surface area contributed by atoms with E-state index < -0.39 is 0 Å². The van der Waals surface area contributed by atoms with E-state index in [2.05, 4.69) is 20.5 Å². The topological polar surface area (TPSA) is 90.9 Å². The third kappa shape index (κ3) is 3.67. The van der Waals surface area contributed by atoms with E-state index in [9.17, 15) is 4.79 Å². The number of rotatable bonds is 4. The van der Waals surface area contributed by atoms with Crippen molar-refractivity contribution in [2.75, 3.05) is 0 Å². The number of nitrogens with zero attached hydrogens (tertiary/aromatic N) is 2. The van der Waals surface area contributed by atoms with E-state index in [1.54, 1.807) is 30.3 Å². The van der Waals surface area contributed by atoms with Crippen LogP contribution in [-0.2, 0) is 4.79 Å². The van der Waals surface area contributed by atoms with E-state index >= 15 is 0 Å². The Labute approximate surface area is 110 Å². The van der Waals surface area contributed by atoms with Crippen molar-refractivity contribution >= 4 is 12.0 Å². The molecule has 0 fully saturated rings. The number of H-pyrrole nitrogens is 1. The molecule has 2 rings (SSSR count). The van der Waals surface area contributed by atoms with E-state index in [4.69, 9.17) is 5.11 Å². The molecule has 1 unspecified atom stereocenters. The standard InChI is InChI=1S/C13H14N4O2/c1-9(13-14-8-15-17-13)16-12(19)7-4-10-2-5-11(18)6-3-10/h2-9,18H,1H3,(H,16,19)(H,14,15,17)/b7-4+. The van der Waals surface area contributed by atoms with Gasteiger partial charge < -0.3 is 10.4 Å². The van der Waals surface area contributed by atoms with E-state index in [1.165, 1.54) is 12.4 Å². The smallest absolute Gasteiger partial charge is 0.244 e. The van der Waals surface area contributed by atoms with Crippen LogP contribution in [0.15, 0.2) is 36.7 Å². The molecule has 1 aromatic carbocycles. The fraction of sp³-hybridized carbons (Fsp3) is 0.154. The minimum absolute atomic E-state index is 0.195. The second-order valence-electron chi connectivity index (χ2n) is 4.03. The number of hydrogen-bond acceptors (Lipinski definition) is 4. The van der Waals surface area contributed by atoms with Crippen LogP contribution < -0.4 is 5.32 Å².